The van der Waals surface area contributed by atoms with Crippen molar-refractivity contribution in [3.63, 3.8) is 0 Å². The zero-order chi connectivity index (χ0) is 70.4. The third kappa shape index (κ3) is 19.2. The Hall–Kier alpha value is -8.39. The van der Waals surface area contributed by atoms with Crippen LogP contribution in [0.2, 0.25) is 0 Å². The third-order valence-corrected chi connectivity index (χ3v) is 20.4. The van der Waals surface area contributed by atoms with Gasteiger partial charge >= 0.3 is 0 Å². The normalized spacial score (nSPS) is 25.3. The number of carbonyl (C=O) groups excluding carboxylic acids is 13. The van der Waals surface area contributed by atoms with Crippen LogP contribution in [0.25, 0.3) is 10.9 Å². The van der Waals surface area contributed by atoms with Gasteiger partial charge in [0.2, 0.25) is 65.0 Å². The average Bonchev–Trinajstić information content (AvgIpc) is 1.64. The van der Waals surface area contributed by atoms with Gasteiger partial charge in [-0.2, -0.15) is 11.8 Å². The molecule has 3 unspecified atom stereocenters. The maximum Gasteiger partial charge on any atom is 0.246 e. The number of nitrogens with zero attached hydrogens (tertiary/aromatic N) is 2. The lowest BCUT2D eigenvalue weighted by Gasteiger charge is -2.32. The summed E-state index contributed by atoms with van der Waals surface area (Å²) in [6.45, 7) is 10.7. The number of thioether (sulfide) groups is 1. The van der Waals surface area contributed by atoms with Gasteiger partial charge in [-0.05, 0) is 60.8 Å². The monoisotopic (exact) mass is 1370 g/mol. The van der Waals surface area contributed by atoms with Crippen molar-refractivity contribution >= 4 is 116 Å². The highest BCUT2D eigenvalue weighted by Gasteiger charge is 2.46. The van der Waals surface area contributed by atoms with E-state index in [1.807, 2.05) is 6.26 Å². The van der Waals surface area contributed by atoms with Crippen molar-refractivity contribution < 1.29 is 81.9 Å². The first-order chi connectivity index (χ1) is 45.5. The molecule has 0 aliphatic carbocycles. The molecule has 96 heavy (non-hydrogen) atoms. The second kappa shape index (κ2) is 34.0. The second-order valence-electron chi connectivity index (χ2n) is 25.3. The Morgan fingerprint density at radius 1 is 0.792 bits per heavy atom. The number of benzene rings is 2. The summed E-state index contributed by atoms with van der Waals surface area (Å²) in [4.78, 5) is 188. The number of para-hydroxylation sites is 1. The minimum atomic E-state index is -2.32. The number of H-pyrrole nitrogens is 1. The molecule has 7 rings (SSSR count). The first kappa shape index (κ1) is 75.0. The molecule has 1 aromatic heterocycles. The first-order valence-electron chi connectivity index (χ1n) is 32.1. The molecule has 4 aliphatic heterocycles. The maximum absolute atomic E-state index is 15.1. The molecule has 2 fully saturated rings. The number of carbonyl (C=O) groups is 13. The zero-order valence-corrected chi connectivity index (χ0v) is 56.4. The molecule has 5 heterocycles. The summed E-state index contributed by atoms with van der Waals surface area (Å²) in [5.74, 6) is -15.9. The molecule has 13 N–H and O–H groups in total. The highest BCUT2D eigenvalue weighted by molar-refractivity contribution is 7.99. The number of anilines is 1. The lowest BCUT2D eigenvalue weighted by atomic mass is 9.85. The Balaban J connectivity index is 1.14. The van der Waals surface area contributed by atoms with E-state index in [0.29, 0.717) is 34.3 Å². The molecule has 2 bridgehead atoms. The summed E-state index contributed by atoms with van der Waals surface area (Å²) in [5, 5.41) is 56.1. The number of aromatic amines is 1. The van der Waals surface area contributed by atoms with Crippen molar-refractivity contribution in [2.24, 2.45) is 29.6 Å². The number of nitrogens with one attached hydrogen (secondary N) is 10. The van der Waals surface area contributed by atoms with Crippen LogP contribution in [-0.2, 0) is 86.1 Å². The summed E-state index contributed by atoms with van der Waals surface area (Å²) >= 11 is 1.49. The van der Waals surface area contributed by atoms with Crippen LogP contribution in [0.4, 0.5) is 5.69 Å². The van der Waals surface area contributed by atoms with E-state index < -0.39 is 211 Å². The van der Waals surface area contributed by atoms with Gasteiger partial charge in [-0.15, -0.1) is 0 Å². The van der Waals surface area contributed by atoms with Crippen LogP contribution in [-0.4, -0.2) is 209 Å². The van der Waals surface area contributed by atoms with Gasteiger partial charge in [0.1, 0.15) is 29.2 Å². The molecule has 31 heteroatoms. The summed E-state index contributed by atoms with van der Waals surface area (Å²) in [6, 6.07) is 4.43. The fourth-order valence-corrected chi connectivity index (χ4v) is 14.1. The second-order valence-corrected chi connectivity index (χ2v) is 27.8. The highest BCUT2D eigenvalue weighted by atomic mass is 32.2. The fourth-order valence-electron chi connectivity index (χ4n) is 12.0. The van der Waals surface area contributed by atoms with Crippen molar-refractivity contribution in [1.29, 1.82) is 0 Å². The summed E-state index contributed by atoms with van der Waals surface area (Å²) in [7, 11) is -2.32. The van der Waals surface area contributed by atoms with Gasteiger partial charge in [-0.3, -0.25) is 66.5 Å². The van der Waals surface area contributed by atoms with E-state index in [2.05, 4.69) is 59.4 Å². The summed E-state index contributed by atoms with van der Waals surface area (Å²) in [6.07, 6.45) is -3.68. The molecule has 2 saturated heterocycles. The van der Waals surface area contributed by atoms with Gasteiger partial charge in [-0.1, -0.05) is 78.0 Å². The number of aliphatic hydroxyl groups is 3. The van der Waals surface area contributed by atoms with Crippen LogP contribution >= 0.6 is 11.8 Å². The molecule has 3 aromatic rings. The molecule has 29 nitrogen and oxygen atoms in total. The van der Waals surface area contributed by atoms with Crippen LogP contribution in [0.3, 0.4) is 0 Å². The molecule has 4 aliphatic rings. The summed E-state index contributed by atoms with van der Waals surface area (Å²) < 4.78 is 15.1. The van der Waals surface area contributed by atoms with Gasteiger partial charge in [0.15, 0.2) is 11.6 Å². The minimum absolute atomic E-state index is 0.0388. The molecule has 0 spiro atoms. The predicted octanol–water partition coefficient (Wildman–Crippen LogP) is -1.16. The number of fused-ring (bicyclic) bond motifs is 5. The zero-order valence-electron chi connectivity index (χ0n) is 54.8. The maximum atomic E-state index is 15.1. The fraction of sp³-hybridized carbons (Fsp3) is 0.554. The van der Waals surface area contributed by atoms with E-state index >= 15 is 13.8 Å². The van der Waals surface area contributed by atoms with Crippen molar-refractivity contribution in [2.75, 3.05) is 50.1 Å². The van der Waals surface area contributed by atoms with E-state index in [4.69, 9.17) is 0 Å². The Labute approximate surface area is 562 Å². The average molecular weight is 1370 g/mol. The van der Waals surface area contributed by atoms with Crippen LogP contribution in [0.5, 0.6) is 0 Å². The molecule has 14 atom stereocenters. The lowest BCUT2D eigenvalue weighted by Crippen LogP contribution is -2.56. The highest BCUT2D eigenvalue weighted by Crippen LogP contribution is 2.33. The number of hydrogen-bond acceptors (Lipinski definition) is 18. The van der Waals surface area contributed by atoms with Crippen molar-refractivity contribution in [2.45, 2.75) is 158 Å². The molecule has 2 aromatic carbocycles. The van der Waals surface area contributed by atoms with Crippen LogP contribution < -0.4 is 47.9 Å². The molecular weight excluding hydrogens is 1280 g/mol. The number of ketones is 2. The number of likely N-dealkylation sites (tertiary alicyclic amines) is 1. The van der Waals surface area contributed by atoms with Gasteiger partial charge in [-0.25, -0.2) is 0 Å². The SMILES string of the molecule is C=C1C(SC)CC(=O)N1CCC(=O)NC(C(=O)N[C@@H](C)C(=O)Nc1ccc(CNC(=O)C[C@@H]2CC(=O)[C@@H]3CS(=O)c4[nH]c5ccccc5c4C[C@H](CC(=O)[C@H]([C@@H](C)[C@@H](O)CO)NC(=O)[C@@H]4C[C@@H](O)CN4C2=O)C(=O)NCC(=O)N[C@@H]([C@@H](C)CC)C(=O)NCC(=O)N3)cc1)C(C)C. The van der Waals surface area contributed by atoms with E-state index in [0.717, 1.165) is 4.90 Å². The van der Waals surface area contributed by atoms with Crippen molar-refractivity contribution in [3.05, 3.63) is 71.9 Å². The van der Waals surface area contributed by atoms with E-state index in [1.54, 1.807) is 64.1 Å². The Bertz CT molecular complexity index is 3490. The van der Waals surface area contributed by atoms with E-state index in [1.165, 1.54) is 42.6 Å². The van der Waals surface area contributed by atoms with Gasteiger partial charge in [0.05, 0.1) is 71.7 Å². The standard InChI is InChI=1S/C65H88N12O17S2/c1-9-33(4)57-62(91)68-27-53(85)71-45-31-96(94)64-43(42-12-10-11-13-44(42)72-64)20-38(60(89)67-28-54(86)74-57)21-48(81)58(34(5)49(82)30-78)75-61(90)46-24-41(79)29-77(46)65(93)39(22-47(45)80)23-52(84)66-26-37-14-16-40(17-15-37)70-59(88)35(6)69-63(92)56(32(2)3)73-51(83)18-19-76-36(7)50(95-8)25-55(76)87/h10-17,32-35,38-39,41,45-46,49-50,56-58,72,78-79,82H,7,9,18-31H2,1-6,8H3,(H,66,84)(H,67,89)(H,68,91)(H,69,92)(H,70,88)(H,71,85)(H,73,83)(H,74,86)(H,75,90)/t33-,34-,35-,38+,39-,41+,45-,46-,49-,50?,56?,57-,58-,96?/m0/s1. The minimum Gasteiger partial charge on any atom is -0.394 e. The third-order valence-electron chi connectivity index (χ3n) is 18.0. The largest absolute Gasteiger partial charge is 0.394 e. The Morgan fingerprint density at radius 2 is 1.47 bits per heavy atom. The quantitative estimate of drug-likeness (QED) is 0.0673. The number of hydrogen-bond donors (Lipinski definition) is 13. The van der Waals surface area contributed by atoms with E-state index in [-0.39, 0.29) is 60.0 Å². The molecule has 11 amide bonds. The van der Waals surface area contributed by atoms with Crippen molar-refractivity contribution in [1.82, 2.24) is 57.3 Å². The van der Waals surface area contributed by atoms with Gasteiger partial charge < -0.3 is 78.0 Å². The predicted molar refractivity (Wildman–Crippen MR) is 352 cm³/mol. The number of aliphatic hydroxyl groups excluding tert-OH is 3. The van der Waals surface area contributed by atoms with Gasteiger partial charge in [0.25, 0.3) is 0 Å². The van der Waals surface area contributed by atoms with E-state index in [9.17, 15) is 68.1 Å². The van der Waals surface area contributed by atoms with Crippen LogP contribution in [0.15, 0.2) is 65.8 Å². The Kier molecular flexibility index (Phi) is 26.6. The Morgan fingerprint density at radius 3 is 2.12 bits per heavy atom. The van der Waals surface area contributed by atoms with Gasteiger partial charge in [0, 0.05) is 92.3 Å². The number of Topliss-reactive ketones (excluding diaryl/α,β-unsaturated/α-hetero) is 2. The topological polar surface area (TPSA) is 430 Å². The number of amides is 11. The lowest BCUT2D eigenvalue weighted by molar-refractivity contribution is -0.145. The van der Waals surface area contributed by atoms with Crippen LogP contribution in [0.1, 0.15) is 97.6 Å². The van der Waals surface area contributed by atoms with Crippen molar-refractivity contribution in [3.8, 4) is 0 Å². The smallest absolute Gasteiger partial charge is 0.246 e. The first-order valence-corrected chi connectivity index (χ1v) is 34.7. The number of rotatable bonds is 19. The van der Waals surface area contributed by atoms with Crippen LogP contribution in [0, 0.1) is 29.6 Å². The number of aromatic nitrogens is 1. The molecule has 0 radical (unpaired) electrons. The molecule has 522 valence electrons. The summed E-state index contributed by atoms with van der Waals surface area (Å²) in [5.41, 5.74) is 2.03. The molecular formula is C65H88N12O17S2. The molecule has 0 saturated carbocycles.